The van der Waals surface area contributed by atoms with Crippen molar-refractivity contribution in [3.05, 3.63) is 0 Å². The van der Waals surface area contributed by atoms with Crippen LogP contribution in [0.15, 0.2) is 0 Å². The molecule has 0 aliphatic heterocycles. The van der Waals surface area contributed by atoms with Gasteiger partial charge in [0.05, 0.1) is 0 Å². The van der Waals surface area contributed by atoms with Gasteiger partial charge in [0.2, 0.25) is 0 Å². The fourth-order valence-corrected chi connectivity index (χ4v) is 0. The van der Waals surface area contributed by atoms with E-state index in [1.165, 1.54) is 0 Å². The molecule has 0 aromatic heterocycles. The Morgan fingerprint density at radius 3 is 0.875 bits per heavy atom. The summed E-state index contributed by atoms with van der Waals surface area (Å²) >= 11 is 0. The van der Waals surface area contributed by atoms with Crippen molar-refractivity contribution in [3.8, 4) is 0 Å². The maximum absolute atomic E-state index is 7.33. The Bertz CT molecular complexity index is 25.9. The van der Waals surface area contributed by atoms with Crippen molar-refractivity contribution < 1.29 is 24.7 Å². The maximum atomic E-state index is 7.33. The normalized spacial score (nSPS) is 7.50. The second kappa shape index (κ2) is 8.49. The van der Waals surface area contributed by atoms with Gasteiger partial charge in [0, 0.05) is 0 Å². The first-order valence-corrected chi connectivity index (χ1v) is 2.68. The summed E-state index contributed by atoms with van der Waals surface area (Å²) in [4.78, 5) is 29.3. The van der Waals surface area contributed by atoms with Gasteiger partial charge in [-0.15, -0.1) is 0 Å². The van der Waals surface area contributed by atoms with Gasteiger partial charge in [0.15, 0.2) is 0 Å². The fourth-order valence-electron chi connectivity index (χ4n) is 0. The Kier molecular flexibility index (Phi) is 24.1. The van der Waals surface area contributed by atoms with Crippen LogP contribution in [0.3, 0.4) is 0 Å². The van der Waals surface area contributed by atoms with Gasteiger partial charge in [-0.1, -0.05) is 0 Å². The van der Waals surface area contributed by atoms with Crippen LogP contribution in [0.4, 0.5) is 0 Å². The first-order chi connectivity index (χ1) is 2.00. The zero-order chi connectivity index (χ0) is 4.50. The number of rotatable bonds is 0. The molecule has 0 aromatic rings. The van der Waals surface area contributed by atoms with Crippen LogP contribution >= 0.6 is 0 Å². The molecular formula is H6CaO5Si2+6. The molecule has 0 amide bonds. The topological polar surface area (TPSA) is 112 Å². The van der Waals surface area contributed by atoms with Crippen molar-refractivity contribution in [2.45, 2.75) is 0 Å². The van der Waals surface area contributed by atoms with E-state index in [4.69, 9.17) is 19.2 Å². The smallest absolute Gasteiger partial charge is 0.412 e. The van der Waals surface area contributed by atoms with Crippen LogP contribution in [0, 0.1) is 0 Å². The van der Waals surface area contributed by atoms with Crippen LogP contribution in [-0.2, 0) is 0 Å². The minimum Gasteiger partial charge on any atom is -0.412 e. The molecule has 0 aromatic carbocycles. The summed E-state index contributed by atoms with van der Waals surface area (Å²) in [6.45, 7) is 0. The molecule has 0 saturated carbocycles. The third-order valence-electron chi connectivity index (χ3n) is 0. The van der Waals surface area contributed by atoms with Crippen molar-refractivity contribution in [2.75, 3.05) is 0 Å². The molecule has 5 nitrogen and oxygen atoms in total. The Labute approximate surface area is 81.8 Å². The largest absolute Gasteiger partial charge is 4.00 e. The molecule has 0 aliphatic carbocycles. The number of hydrogen-bond donors (Lipinski definition) is 4. The molecule has 0 aliphatic rings. The molecule has 0 atom stereocenters. The average molecular weight is 182 g/mol. The van der Waals surface area contributed by atoms with E-state index in [-0.39, 0.29) is 54.2 Å². The quantitative estimate of drug-likeness (QED) is 0.285. The van der Waals surface area contributed by atoms with Crippen molar-refractivity contribution >= 4 is 57.8 Å². The van der Waals surface area contributed by atoms with Crippen LogP contribution in [0.25, 0.3) is 0 Å². The molecular weight excluding hydrogens is 176 g/mol. The monoisotopic (exact) mass is 182 g/mol. The Balaban J connectivity index is -0.0000000267. The first kappa shape index (κ1) is 22.7. The van der Waals surface area contributed by atoms with Gasteiger partial charge < -0.3 is 24.7 Å². The van der Waals surface area contributed by atoms with E-state index < -0.39 is 9.05 Å². The molecule has 0 saturated heterocycles. The predicted octanol–water partition coefficient (Wildman–Crippen LogP) is -4.20. The summed E-state index contributed by atoms with van der Waals surface area (Å²) in [5, 5.41) is 0. The van der Waals surface area contributed by atoms with Gasteiger partial charge in [0.1, 0.15) is 0 Å². The van der Waals surface area contributed by atoms with E-state index in [2.05, 4.69) is 0 Å². The molecule has 0 heterocycles. The Morgan fingerprint density at radius 1 is 0.875 bits per heavy atom. The van der Waals surface area contributed by atoms with Gasteiger partial charge in [-0.3, -0.25) is 0 Å². The van der Waals surface area contributed by atoms with Crippen molar-refractivity contribution in [1.82, 2.24) is 0 Å². The molecule has 40 valence electrons. The molecule has 0 radical (unpaired) electrons. The first-order valence-electron chi connectivity index (χ1n) is 0.894. The Morgan fingerprint density at radius 2 is 0.875 bits per heavy atom. The molecule has 8 heavy (non-hydrogen) atoms. The standard InChI is InChI=1S/Ca.H4O4Si.H2O.Si/c;1-5(2,3)4;;/h;1-4H;1H2;/q+2;;;+4. The number of hydrogen-bond acceptors (Lipinski definition) is 4. The third-order valence-corrected chi connectivity index (χ3v) is 0. The summed E-state index contributed by atoms with van der Waals surface area (Å²) in [6, 6.07) is 0. The predicted molar refractivity (Wildman–Crippen MR) is 29.8 cm³/mol. The summed E-state index contributed by atoms with van der Waals surface area (Å²) in [7, 11) is -4.61. The van der Waals surface area contributed by atoms with Gasteiger partial charge in [-0.25, -0.2) is 0 Å². The zero-order valence-electron chi connectivity index (χ0n) is 4.00. The van der Waals surface area contributed by atoms with Crippen LogP contribution < -0.4 is 0 Å². The summed E-state index contributed by atoms with van der Waals surface area (Å²) in [5.74, 6) is 0. The van der Waals surface area contributed by atoms with E-state index >= 15 is 0 Å². The van der Waals surface area contributed by atoms with Crippen molar-refractivity contribution in [1.29, 1.82) is 0 Å². The minimum atomic E-state index is -4.61. The molecule has 6 N–H and O–H groups in total. The van der Waals surface area contributed by atoms with Gasteiger partial charge >= 0.3 is 57.8 Å². The van der Waals surface area contributed by atoms with E-state index in [1.807, 2.05) is 0 Å². The van der Waals surface area contributed by atoms with Crippen molar-refractivity contribution in [2.24, 2.45) is 0 Å². The third kappa shape index (κ3) is 142. The van der Waals surface area contributed by atoms with E-state index in [9.17, 15) is 0 Å². The second-order valence-electron chi connectivity index (χ2n) is 0.600. The molecule has 8 heteroatoms. The molecule has 0 rings (SSSR count). The van der Waals surface area contributed by atoms with Gasteiger partial charge in [-0.2, -0.15) is 0 Å². The molecule has 0 fully saturated rings. The van der Waals surface area contributed by atoms with Crippen LogP contribution in [-0.4, -0.2) is 82.4 Å². The minimum absolute atomic E-state index is 0. The summed E-state index contributed by atoms with van der Waals surface area (Å²) in [5.41, 5.74) is 0. The second-order valence-corrected chi connectivity index (χ2v) is 1.80. The molecule has 0 spiro atoms. The summed E-state index contributed by atoms with van der Waals surface area (Å²) in [6.07, 6.45) is 0. The fraction of sp³-hybridized carbons (Fsp3) is 0. The van der Waals surface area contributed by atoms with Gasteiger partial charge in [-0.05, 0) is 0 Å². The Hall–Kier alpha value is 1.49. The summed E-state index contributed by atoms with van der Waals surface area (Å²) < 4.78 is 0. The zero-order valence-corrected chi connectivity index (χ0v) is 8.20. The molecule has 0 unspecified atom stereocenters. The van der Waals surface area contributed by atoms with E-state index in [0.29, 0.717) is 0 Å². The molecule has 0 bridgehead atoms. The van der Waals surface area contributed by atoms with Gasteiger partial charge in [0.25, 0.3) is 0 Å². The maximum Gasteiger partial charge on any atom is 4.00 e. The average Bonchev–Trinajstić information content (AvgIpc) is 0.722. The van der Waals surface area contributed by atoms with Crippen LogP contribution in [0.5, 0.6) is 0 Å². The van der Waals surface area contributed by atoms with E-state index in [1.54, 1.807) is 0 Å². The SMILES string of the molecule is O.O[Si](O)(O)O.[Ca+2].[Si+4]. The van der Waals surface area contributed by atoms with E-state index in [0.717, 1.165) is 0 Å². The van der Waals surface area contributed by atoms with Crippen LogP contribution in [0.1, 0.15) is 0 Å². The van der Waals surface area contributed by atoms with Crippen molar-refractivity contribution in [3.63, 3.8) is 0 Å². The van der Waals surface area contributed by atoms with Crippen LogP contribution in [0.2, 0.25) is 0 Å².